The van der Waals surface area contributed by atoms with Crippen molar-refractivity contribution in [2.75, 3.05) is 6.61 Å². The van der Waals surface area contributed by atoms with Crippen LogP contribution < -0.4 is 4.74 Å². The Balaban J connectivity index is 1.66. The normalized spacial score (nSPS) is 14.7. The van der Waals surface area contributed by atoms with Crippen LogP contribution >= 0.6 is 15.9 Å². The lowest BCUT2D eigenvalue weighted by atomic mass is 9.99. The quantitative estimate of drug-likeness (QED) is 0.915. The van der Waals surface area contributed by atoms with Crippen molar-refractivity contribution >= 4 is 15.9 Å². The molecule has 0 radical (unpaired) electrons. The minimum Gasteiger partial charge on any atom is -0.493 e. The van der Waals surface area contributed by atoms with E-state index in [1.165, 1.54) is 11.1 Å². The van der Waals surface area contributed by atoms with Crippen molar-refractivity contribution in [2.45, 2.75) is 25.4 Å². The molecule has 1 atom stereocenters. The Morgan fingerprint density at radius 2 is 2.05 bits per heavy atom. The first-order valence-electron chi connectivity index (χ1n) is 6.91. The van der Waals surface area contributed by atoms with Crippen molar-refractivity contribution < 1.29 is 9.84 Å². The van der Waals surface area contributed by atoms with E-state index in [1.807, 2.05) is 30.3 Å². The molecular weight excluding hydrogens is 316 g/mol. The number of ether oxygens (including phenoxy) is 1. The van der Waals surface area contributed by atoms with E-state index in [-0.39, 0.29) is 0 Å². The van der Waals surface area contributed by atoms with Gasteiger partial charge in [0.1, 0.15) is 5.75 Å². The van der Waals surface area contributed by atoms with Crippen molar-refractivity contribution in [3.63, 3.8) is 0 Å². The number of aryl methyl sites for hydroxylation is 1. The average molecular weight is 333 g/mol. The first kappa shape index (κ1) is 13.7. The van der Waals surface area contributed by atoms with Gasteiger partial charge in [0.25, 0.3) is 0 Å². The summed E-state index contributed by atoms with van der Waals surface area (Å²) in [6.07, 6.45) is 2.16. The zero-order valence-electron chi connectivity index (χ0n) is 11.2. The fraction of sp³-hybridized carbons (Fsp3) is 0.294. The molecule has 1 heterocycles. The monoisotopic (exact) mass is 332 g/mol. The summed E-state index contributed by atoms with van der Waals surface area (Å²) in [7, 11) is 0. The van der Waals surface area contributed by atoms with E-state index >= 15 is 0 Å². The van der Waals surface area contributed by atoms with Gasteiger partial charge in [0.2, 0.25) is 0 Å². The molecule has 0 amide bonds. The van der Waals surface area contributed by atoms with Crippen molar-refractivity contribution in [1.82, 2.24) is 0 Å². The van der Waals surface area contributed by atoms with Crippen LogP contribution in [0.1, 0.15) is 29.2 Å². The minimum absolute atomic E-state index is 0.435. The van der Waals surface area contributed by atoms with Gasteiger partial charge in [-0.05, 0) is 41.7 Å². The lowest BCUT2D eigenvalue weighted by molar-refractivity contribution is 0.167. The van der Waals surface area contributed by atoms with Crippen LogP contribution in [0.3, 0.4) is 0 Å². The van der Waals surface area contributed by atoms with Crippen LogP contribution in [0.5, 0.6) is 5.75 Å². The third-order valence-corrected chi connectivity index (χ3v) is 4.45. The van der Waals surface area contributed by atoms with Crippen LogP contribution in [0.15, 0.2) is 46.9 Å². The molecule has 1 aliphatic heterocycles. The van der Waals surface area contributed by atoms with E-state index in [0.29, 0.717) is 0 Å². The zero-order chi connectivity index (χ0) is 13.9. The van der Waals surface area contributed by atoms with Gasteiger partial charge in [-0.3, -0.25) is 0 Å². The van der Waals surface area contributed by atoms with E-state index in [2.05, 4.69) is 28.1 Å². The van der Waals surface area contributed by atoms with Crippen molar-refractivity contribution in [3.05, 3.63) is 63.6 Å². The summed E-state index contributed by atoms with van der Waals surface area (Å²) >= 11 is 3.49. The molecule has 0 aromatic heterocycles. The van der Waals surface area contributed by atoms with Gasteiger partial charge in [-0.15, -0.1) is 0 Å². The summed E-state index contributed by atoms with van der Waals surface area (Å²) in [6.45, 7) is 0.790. The number of halogens is 1. The number of benzene rings is 2. The summed E-state index contributed by atoms with van der Waals surface area (Å²) in [5.74, 6) is 1.01. The van der Waals surface area contributed by atoms with E-state index in [9.17, 15) is 5.11 Å². The van der Waals surface area contributed by atoms with Gasteiger partial charge in [0, 0.05) is 10.9 Å². The Labute approximate surface area is 127 Å². The van der Waals surface area contributed by atoms with Crippen LogP contribution in [-0.2, 0) is 12.8 Å². The zero-order valence-corrected chi connectivity index (χ0v) is 12.8. The maximum absolute atomic E-state index is 10.3. The highest BCUT2D eigenvalue weighted by Gasteiger charge is 2.14. The van der Waals surface area contributed by atoms with E-state index in [1.54, 1.807) is 0 Å². The van der Waals surface area contributed by atoms with Gasteiger partial charge in [0.05, 0.1) is 12.7 Å². The predicted molar refractivity (Wildman–Crippen MR) is 83.1 cm³/mol. The van der Waals surface area contributed by atoms with Gasteiger partial charge < -0.3 is 9.84 Å². The SMILES string of the molecule is OC(CCc1ccc2c(c1)CCO2)c1ccccc1Br. The van der Waals surface area contributed by atoms with Gasteiger partial charge >= 0.3 is 0 Å². The number of aliphatic hydroxyl groups excluding tert-OH is 1. The van der Waals surface area contributed by atoms with Crippen LogP contribution in [-0.4, -0.2) is 11.7 Å². The molecule has 1 aliphatic rings. The summed E-state index contributed by atoms with van der Waals surface area (Å²) in [5.41, 5.74) is 3.51. The third kappa shape index (κ3) is 2.89. The highest BCUT2D eigenvalue weighted by Crippen LogP contribution is 2.29. The number of aliphatic hydroxyl groups is 1. The van der Waals surface area contributed by atoms with Crippen molar-refractivity contribution in [2.24, 2.45) is 0 Å². The summed E-state index contributed by atoms with van der Waals surface area (Å²) in [6, 6.07) is 14.2. The number of hydrogen-bond acceptors (Lipinski definition) is 2. The highest BCUT2D eigenvalue weighted by molar-refractivity contribution is 9.10. The van der Waals surface area contributed by atoms with Crippen molar-refractivity contribution in [1.29, 1.82) is 0 Å². The maximum Gasteiger partial charge on any atom is 0.122 e. The molecule has 0 spiro atoms. The molecule has 20 heavy (non-hydrogen) atoms. The Bertz CT molecular complexity index is 610. The predicted octanol–water partition coefficient (Wildman–Crippen LogP) is 4.05. The molecule has 2 nitrogen and oxygen atoms in total. The summed E-state index contributed by atoms with van der Waals surface area (Å²) in [5, 5.41) is 10.3. The van der Waals surface area contributed by atoms with Crippen LogP contribution in [0.4, 0.5) is 0 Å². The lowest BCUT2D eigenvalue weighted by Crippen LogP contribution is -2.00. The molecule has 1 N–H and O–H groups in total. The van der Waals surface area contributed by atoms with E-state index < -0.39 is 6.10 Å². The molecule has 3 heteroatoms. The topological polar surface area (TPSA) is 29.5 Å². The summed E-state index contributed by atoms with van der Waals surface area (Å²) < 4.78 is 6.48. The summed E-state index contributed by atoms with van der Waals surface area (Å²) in [4.78, 5) is 0. The molecular formula is C17H17BrO2. The van der Waals surface area contributed by atoms with Gasteiger partial charge in [-0.1, -0.05) is 46.3 Å². The Hall–Kier alpha value is -1.32. The van der Waals surface area contributed by atoms with Crippen LogP contribution in [0.2, 0.25) is 0 Å². The van der Waals surface area contributed by atoms with Crippen LogP contribution in [0.25, 0.3) is 0 Å². The second-order valence-corrected chi connectivity index (χ2v) is 5.97. The molecule has 1 unspecified atom stereocenters. The molecule has 2 aromatic rings. The first-order chi connectivity index (χ1) is 9.74. The second kappa shape index (κ2) is 5.98. The standard InChI is InChI=1S/C17H17BrO2/c18-15-4-2-1-3-14(15)16(19)7-5-12-6-8-17-13(11-12)9-10-20-17/h1-4,6,8,11,16,19H,5,7,9-10H2. The molecule has 0 saturated heterocycles. The number of hydrogen-bond donors (Lipinski definition) is 1. The van der Waals surface area contributed by atoms with Gasteiger partial charge in [-0.25, -0.2) is 0 Å². The smallest absolute Gasteiger partial charge is 0.122 e. The maximum atomic E-state index is 10.3. The molecule has 0 saturated carbocycles. The Morgan fingerprint density at radius 3 is 2.90 bits per heavy atom. The molecule has 0 aliphatic carbocycles. The average Bonchev–Trinajstić information content (AvgIpc) is 2.92. The second-order valence-electron chi connectivity index (χ2n) is 5.12. The minimum atomic E-state index is -0.435. The molecule has 104 valence electrons. The third-order valence-electron chi connectivity index (χ3n) is 3.72. The lowest BCUT2D eigenvalue weighted by Gasteiger charge is -2.13. The number of fused-ring (bicyclic) bond motifs is 1. The largest absolute Gasteiger partial charge is 0.493 e. The number of rotatable bonds is 4. The fourth-order valence-corrected chi connectivity index (χ4v) is 3.15. The Kier molecular flexibility index (Phi) is 4.08. The fourth-order valence-electron chi connectivity index (χ4n) is 2.60. The van der Waals surface area contributed by atoms with Gasteiger partial charge in [0.15, 0.2) is 0 Å². The Morgan fingerprint density at radius 1 is 1.20 bits per heavy atom. The van der Waals surface area contributed by atoms with Crippen molar-refractivity contribution in [3.8, 4) is 5.75 Å². The van der Waals surface area contributed by atoms with Crippen LogP contribution in [0, 0.1) is 0 Å². The van der Waals surface area contributed by atoms with E-state index in [4.69, 9.17) is 4.74 Å². The van der Waals surface area contributed by atoms with E-state index in [0.717, 1.165) is 41.7 Å². The molecule has 0 fully saturated rings. The molecule has 0 bridgehead atoms. The van der Waals surface area contributed by atoms with Gasteiger partial charge in [-0.2, -0.15) is 0 Å². The first-order valence-corrected chi connectivity index (χ1v) is 7.70. The molecule has 2 aromatic carbocycles. The molecule has 3 rings (SSSR count). The highest BCUT2D eigenvalue weighted by atomic mass is 79.9.